The Morgan fingerprint density at radius 3 is 2.87 bits per heavy atom. The third-order valence-electron chi connectivity index (χ3n) is 5.68. The molecule has 5 heterocycles. The summed E-state index contributed by atoms with van der Waals surface area (Å²) in [6.45, 7) is 0. The number of anilines is 2. The highest BCUT2D eigenvalue weighted by Gasteiger charge is 2.54. The number of aryl methyl sites for hydroxylation is 1. The third kappa shape index (κ3) is 4.50. The summed E-state index contributed by atoms with van der Waals surface area (Å²) in [6.07, 6.45) is 1.61. The molecule has 5 rings (SSSR count). The number of oxime groups is 1. The molecule has 38 heavy (non-hydrogen) atoms. The van der Waals surface area contributed by atoms with Gasteiger partial charge in [-0.3, -0.25) is 14.5 Å². The zero-order chi connectivity index (χ0) is 27.1. The largest absolute Gasteiger partial charge is 0.477 e. The lowest BCUT2D eigenvalue weighted by Crippen LogP contribution is -2.71. The first-order valence-electron chi connectivity index (χ1n) is 10.9. The van der Waals surface area contributed by atoms with Crippen molar-refractivity contribution in [2.24, 2.45) is 12.2 Å². The molecule has 0 bridgehead atoms. The molecule has 3 aromatic rings. The fraction of sp³-hybridized carbons (Fsp3) is 0.300. The summed E-state index contributed by atoms with van der Waals surface area (Å²) in [5, 5.41) is 22.3. The van der Waals surface area contributed by atoms with Crippen LogP contribution in [0.1, 0.15) is 5.69 Å². The molecule has 1 fully saturated rings. The van der Waals surface area contributed by atoms with Crippen molar-refractivity contribution in [3.05, 3.63) is 34.7 Å². The van der Waals surface area contributed by atoms with E-state index in [4.69, 9.17) is 16.3 Å². The zero-order valence-electron chi connectivity index (χ0n) is 19.9. The van der Waals surface area contributed by atoms with Crippen molar-refractivity contribution in [1.82, 2.24) is 29.8 Å². The van der Waals surface area contributed by atoms with Crippen LogP contribution >= 0.6 is 34.9 Å². The standard InChI is InChI=1S/C20H20N10O5S3/c1-28-7-23-30-11(28)3-10(21)25-20(30)38-5-8-4-36-17-13(16(32)29(17)14(8)18(33)34)26-15(31)12(27-35-2)9-6-37-19(22)24-9/h3,6-7,13,17,21H,4-5H2,1-2H3,(H4,22,24,26,31,33,34)/p+1/b27-12-/t13?,17-/m0/s1. The minimum absolute atomic E-state index is 0.110. The van der Waals surface area contributed by atoms with Gasteiger partial charge in [0.1, 0.15) is 35.7 Å². The number of fused-ring (bicyclic) bond motifs is 2. The summed E-state index contributed by atoms with van der Waals surface area (Å²) in [4.78, 5) is 52.5. The Kier molecular flexibility index (Phi) is 6.84. The van der Waals surface area contributed by atoms with Gasteiger partial charge in [-0.2, -0.15) is 4.98 Å². The molecule has 18 heteroatoms. The number of carboxylic acid groups (broad SMARTS) is 1. The Balaban J connectivity index is 1.34. The number of nitrogen functional groups attached to an aromatic ring is 2. The average Bonchev–Trinajstić information content (AvgIpc) is 3.48. The van der Waals surface area contributed by atoms with Crippen LogP contribution in [0.3, 0.4) is 0 Å². The monoisotopic (exact) mass is 577 g/mol. The van der Waals surface area contributed by atoms with E-state index in [9.17, 15) is 19.5 Å². The van der Waals surface area contributed by atoms with Gasteiger partial charge >= 0.3 is 5.97 Å². The molecule has 3 aromatic heterocycles. The molecule has 15 nitrogen and oxygen atoms in total. The third-order valence-corrected chi connectivity index (χ3v) is 8.70. The number of carbonyl (C=O) groups excluding carboxylic acids is 2. The zero-order valence-corrected chi connectivity index (χ0v) is 22.3. The molecule has 1 saturated heterocycles. The maximum absolute atomic E-state index is 13.1. The van der Waals surface area contributed by atoms with Crippen LogP contribution in [0, 0.1) is 0 Å². The van der Waals surface area contributed by atoms with Crippen molar-refractivity contribution in [2.45, 2.75) is 16.6 Å². The number of carboxylic acids is 1. The topological polar surface area (TPSA) is 207 Å². The molecular weight excluding hydrogens is 556 g/mol. The second-order valence-corrected chi connectivity index (χ2v) is 11.0. The Morgan fingerprint density at radius 1 is 1.39 bits per heavy atom. The highest BCUT2D eigenvalue weighted by molar-refractivity contribution is 8.01. The number of amides is 2. The highest BCUT2D eigenvalue weighted by Crippen LogP contribution is 2.41. The summed E-state index contributed by atoms with van der Waals surface area (Å²) in [5.41, 5.74) is 12.8. The van der Waals surface area contributed by atoms with Crippen LogP contribution in [0.15, 0.2) is 39.4 Å². The number of thioether (sulfide) groups is 2. The van der Waals surface area contributed by atoms with Crippen LogP contribution < -0.4 is 21.4 Å². The predicted molar refractivity (Wildman–Crippen MR) is 139 cm³/mol. The van der Waals surface area contributed by atoms with Crippen molar-refractivity contribution >= 4 is 75.0 Å². The number of nitrogens with one attached hydrogen (secondary N) is 1. The molecule has 2 amide bonds. The number of thiazole rings is 1. The summed E-state index contributed by atoms with van der Waals surface area (Å²) in [7, 11) is 3.09. The van der Waals surface area contributed by atoms with E-state index in [1.165, 1.54) is 35.5 Å². The first kappa shape index (κ1) is 25.7. The van der Waals surface area contributed by atoms with E-state index in [0.717, 1.165) is 17.0 Å². The number of aliphatic carboxylic acids is 1. The maximum atomic E-state index is 13.1. The van der Waals surface area contributed by atoms with Gasteiger partial charge in [-0.25, -0.2) is 14.3 Å². The average molecular weight is 578 g/mol. The van der Waals surface area contributed by atoms with Gasteiger partial charge in [-0.15, -0.1) is 23.1 Å². The van der Waals surface area contributed by atoms with Crippen molar-refractivity contribution in [3.63, 3.8) is 0 Å². The van der Waals surface area contributed by atoms with E-state index in [1.54, 1.807) is 26.9 Å². The van der Waals surface area contributed by atoms with Crippen molar-refractivity contribution in [3.8, 4) is 0 Å². The van der Waals surface area contributed by atoms with Crippen LogP contribution in [0.5, 0.6) is 0 Å². The fourth-order valence-electron chi connectivity index (χ4n) is 3.97. The number of hydrogen-bond acceptors (Lipinski definition) is 13. The molecule has 0 aromatic carbocycles. The van der Waals surface area contributed by atoms with Crippen LogP contribution in [-0.4, -0.2) is 83.1 Å². The normalized spacial score (nSPS) is 19.4. The Morgan fingerprint density at radius 2 is 2.18 bits per heavy atom. The fourth-order valence-corrected chi connectivity index (χ4v) is 6.97. The van der Waals surface area contributed by atoms with Gasteiger partial charge in [0.15, 0.2) is 10.8 Å². The number of carbonyl (C=O) groups is 3. The van der Waals surface area contributed by atoms with Crippen LogP contribution in [0.4, 0.5) is 10.9 Å². The van der Waals surface area contributed by atoms with Crippen molar-refractivity contribution < 1.29 is 28.9 Å². The lowest BCUT2D eigenvalue weighted by atomic mass is 10.0. The number of nitrogens with two attached hydrogens (primary N) is 2. The number of hydrogen-bond donors (Lipinski definition) is 4. The van der Waals surface area contributed by atoms with Crippen LogP contribution in [-0.2, 0) is 26.3 Å². The van der Waals surface area contributed by atoms with Gasteiger partial charge in [0.2, 0.25) is 0 Å². The van der Waals surface area contributed by atoms with Gasteiger partial charge in [0, 0.05) is 22.0 Å². The summed E-state index contributed by atoms with van der Waals surface area (Å²) in [5.74, 6) is -1.60. The first-order valence-corrected chi connectivity index (χ1v) is 13.8. The first-order chi connectivity index (χ1) is 18.2. The van der Waals surface area contributed by atoms with E-state index < -0.39 is 29.2 Å². The quantitative estimate of drug-likeness (QED) is 0.0639. The van der Waals surface area contributed by atoms with Gasteiger partial charge in [-0.05, 0) is 10.1 Å². The second-order valence-electron chi connectivity index (χ2n) is 8.08. The van der Waals surface area contributed by atoms with Gasteiger partial charge in [-0.1, -0.05) is 16.9 Å². The summed E-state index contributed by atoms with van der Waals surface area (Å²) < 4.78 is 3.39. The molecule has 198 valence electrons. The molecule has 6 N–H and O–H groups in total. The van der Waals surface area contributed by atoms with E-state index in [1.807, 2.05) is 7.05 Å². The highest BCUT2D eigenvalue weighted by atomic mass is 32.2. The Labute approximate surface area is 226 Å². The van der Waals surface area contributed by atoms with Gasteiger partial charge in [0.05, 0.1) is 13.1 Å². The number of β-lactam (4-membered cyclic amide) rings is 1. The Bertz CT molecular complexity index is 1530. The van der Waals surface area contributed by atoms with Crippen LogP contribution in [0.25, 0.3) is 5.65 Å². The van der Waals surface area contributed by atoms with Gasteiger partial charge < -0.3 is 26.7 Å². The predicted octanol–water partition coefficient (Wildman–Crippen LogP) is -0.944. The van der Waals surface area contributed by atoms with Crippen molar-refractivity contribution in [2.75, 3.05) is 30.1 Å². The maximum Gasteiger partial charge on any atom is 0.352 e. The lowest BCUT2D eigenvalue weighted by Gasteiger charge is -2.49. The van der Waals surface area contributed by atoms with E-state index in [2.05, 4.69) is 25.5 Å². The molecule has 2 aliphatic rings. The molecule has 1 unspecified atom stereocenters. The van der Waals surface area contributed by atoms with E-state index in [0.29, 0.717) is 22.3 Å². The molecule has 2 aliphatic heterocycles. The molecule has 0 aliphatic carbocycles. The number of aromatic nitrogens is 5. The van der Waals surface area contributed by atoms with E-state index >= 15 is 0 Å². The van der Waals surface area contributed by atoms with Crippen LogP contribution in [0.2, 0.25) is 0 Å². The molecule has 2 atom stereocenters. The smallest absolute Gasteiger partial charge is 0.352 e. The SMILES string of the molecule is CO/N=C(\C(=O)NC1C(=O)N2C(C(=O)O)=C(CSc3nc(N)cc4n3nc[n+]4C)CS[C@@H]12)c1csc(N)n1. The lowest BCUT2D eigenvalue weighted by molar-refractivity contribution is -0.646. The number of rotatable bonds is 8. The molecular formula is C20H21N10O5S3+. The molecule has 0 saturated carbocycles. The Hall–Kier alpha value is -3.90. The number of nitrogens with zero attached hydrogens (tertiary/aromatic N) is 7. The minimum Gasteiger partial charge on any atom is -0.477 e. The summed E-state index contributed by atoms with van der Waals surface area (Å²) in [6, 6.07) is 0.729. The minimum atomic E-state index is -1.24. The van der Waals surface area contributed by atoms with Gasteiger partial charge in [0.25, 0.3) is 28.9 Å². The summed E-state index contributed by atoms with van der Waals surface area (Å²) >= 11 is 3.73. The molecule has 0 spiro atoms. The van der Waals surface area contributed by atoms with E-state index in [-0.39, 0.29) is 28.0 Å². The second kappa shape index (κ2) is 10.1. The molecule has 0 radical (unpaired) electrons. The van der Waals surface area contributed by atoms with Crippen molar-refractivity contribution in [1.29, 1.82) is 0 Å².